The summed E-state index contributed by atoms with van der Waals surface area (Å²) in [5, 5.41) is 0.535. The zero-order valence-electron chi connectivity index (χ0n) is 8.24. The zero-order valence-corrected chi connectivity index (χ0v) is 9.76. The van der Waals surface area contributed by atoms with Gasteiger partial charge in [-0.2, -0.15) is 0 Å². The first kappa shape index (κ1) is 11.4. The van der Waals surface area contributed by atoms with Crippen molar-refractivity contribution in [3.63, 3.8) is 0 Å². The summed E-state index contributed by atoms with van der Waals surface area (Å²) in [6.07, 6.45) is 0. The average Bonchev–Trinajstić information content (AvgIpc) is 2.19. The summed E-state index contributed by atoms with van der Waals surface area (Å²) in [5.41, 5.74) is 2.43. The van der Waals surface area contributed by atoms with E-state index in [1.165, 1.54) is 5.54 Å². The third kappa shape index (κ3) is 2.66. The molecule has 0 aliphatic heterocycles. The fraction of sp³-hybridized carbons (Fsp3) is 0.273. The second-order valence-corrected chi connectivity index (χ2v) is 3.84. The van der Waals surface area contributed by atoms with Crippen LogP contribution in [0.2, 0.25) is 0 Å². The summed E-state index contributed by atoms with van der Waals surface area (Å²) in [5.74, 6) is 0. The van der Waals surface area contributed by atoms with E-state index in [-0.39, 0.29) is 6.04 Å². The zero-order chi connectivity index (χ0) is 10.6. The van der Waals surface area contributed by atoms with Crippen molar-refractivity contribution in [3.8, 4) is 0 Å². The molecule has 1 nitrogen and oxygen atoms in total. The smallest absolute Gasteiger partial charge is 0.120 e. The molecule has 0 saturated carbocycles. The molecule has 0 heterocycles. The van der Waals surface area contributed by atoms with Gasteiger partial charge in [-0.05, 0) is 26.0 Å². The molecule has 0 amide bonds. The molecule has 76 valence electrons. The molecule has 3 heteroatoms. The second kappa shape index (κ2) is 5.28. The second-order valence-electron chi connectivity index (χ2n) is 3.23. The van der Waals surface area contributed by atoms with Gasteiger partial charge in [-0.25, -0.2) is 0 Å². The van der Waals surface area contributed by atoms with E-state index in [2.05, 4.69) is 13.8 Å². The average molecular weight is 230 g/mol. The summed E-state index contributed by atoms with van der Waals surface area (Å²) in [6, 6.07) is 10.2. The van der Waals surface area contributed by atoms with E-state index < -0.39 is 0 Å². The molecular formula is C11H13Cl2N. The predicted octanol–water partition coefficient (Wildman–Crippen LogP) is 4.18. The minimum Gasteiger partial charge on any atom is -0.329 e. The van der Waals surface area contributed by atoms with Crippen LogP contribution >= 0.6 is 23.2 Å². The van der Waals surface area contributed by atoms with Crippen LogP contribution in [-0.4, -0.2) is 6.04 Å². The molecule has 0 radical (unpaired) electrons. The van der Waals surface area contributed by atoms with Crippen LogP contribution in [0.15, 0.2) is 41.0 Å². The van der Waals surface area contributed by atoms with Crippen LogP contribution in [-0.2, 0) is 0 Å². The SMILES string of the molecule is CC(C)N(/C(Cl)=C\Cl)c1ccccc1. The predicted molar refractivity (Wildman–Crippen MR) is 63.8 cm³/mol. The van der Waals surface area contributed by atoms with E-state index in [4.69, 9.17) is 23.2 Å². The number of nitrogens with zero attached hydrogens (tertiary/aromatic N) is 1. The van der Waals surface area contributed by atoms with E-state index in [9.17, 15) is 0 Å². The first-order chi connectivity index (χ1) is 6.66. The van der Waals surface area contributed by atoms with Gasteiger partial charge in [-0.15, -0.1) is 0 Å². The lowest BCUT2D eigenvalue weighted by Gasteiger charge is -2.27. The molecule has 1 aromatic rings. The van der Waals surface area contributed by atoms with Gasteiger partial charge in [-0.3, -0.25) is 0 Å². The number of benzene rings is 1. The molecule has 1 aromatic carbocycles. The van der Waals surface area contributed by atoms with E-state index in [0.717, 1.165) is 5.69 Å². The summed E-state index contributed by atoms with van der Waals surface area (Å²) in [4.78, 5) is 1.97. The molecule has 0 aliphatic carbocycles. The summed E-state index contributed by atoms with van der Waals surface area (Å²) >= 11 is 11.6. The number of halogens is 2. The Hall–Kier alpha value is -0.660. The third-order valence-corrected chi connectivity index (χ3v) is 2.48. The molecule has 14 heavy (non-hydrogen) atoms. The van der Waals surface area contributed by atoms with Gasteiger partial charge in [0.25, 0.3) is 0 Å². The molecule has 0 bridgehead atoms. The Morgan fingerprint density at radius 1 is 1.29 bits per heavy atom. The Bertz CT molecular complexity index is 306. The summed E-state index contributed by atoms with van der Waals surface area (Å²) < 4.78 is 0. The first-order valence-electron chi connectivity index (χ1n) is 4.47. The highest BCUT2D eigenvalue weighted by Gasteiger charge is 2.12. The topological polar surface area (TPSA) is 3.24 Å². The molecule has 0 saturated heterocycles. The van der Waals surface area contributed by atoms with Crippen molar-refractivity contribution in [2.45, 2.75) is 19.9 Å². The minimum absolute atomic E-state index is 0.278. The Balaban J connectivity index is 3.01. The molecule has 0 atom stereocenters. The highest BCUT2D eigenvalue weighted by atomic mass is 35.5. The molecule has 1 rings (SSSR count). The van der Waals surface area contributed by atoms with E-state index in [1.54, 1.807) is 0 Å². The van der Waals surface area contributed by atoms with Gasteiger partial charge < -0.3 is 4.90 Å². The number of anilines is 1. The number of hydrogen-bond acceptors (Lipinski definition) is 1. The van der Waals surface area contributed by atoms with E-state index in [1.807, 2.05) is 35.2 Å². The molecule has 0 spiro atoms. The molecule has 0 fully saturated rings. The van der Waals surface area contributed by atoms with Crippen LogP contribution in [0.5, 0.6) is 0 Å². The molecule has 0 aliphatic rings. The van der Waals surface area contributed by atoms with Gasteiger partial charge in [0.05, 0.1) is 0 Å². The van der Waals surface area contributed by atoms with Crippen LogP contribution in [0.25, 0.3) is 0 Å². The maximum atomic E-state index is 6.02. The lowest BCUT2D eigenvalue weighted by Crippen LogP contribution is -2.27. The maximum absolute atomic E-state index is 6.02. The van der Waals surface area contributed by atoms with Crippen molar-refractivity contribution >= 4 is 28.9 Å². The standard InChI is InChI=1S/C11H13Cl2N/c1-9(2)14(11(13)8-12)10-6-4-3-5-7-10/h3-9H,1-2H3/b11-8-. The van der Waals surface area contributed by atoms with E-state index >= 15 is 0 Å². The highest BCUT2D eigenvalue weighted by Crippen LogP contribution is 2.24. The van der Waals surface area contributed by atoms with Crippen LogP contribution in [0, 0.1) is 0 Å². The Kier molecular flexibility index (Phi) is 4.30. The molecule has 0 aromatic heterocycles. The van der Waals surface area contributed by atoms with Gasteiger partial charge in [0.2, 0.25) is 0 Å². The minimum atomic E-state index is 0.278. The van der Waals surface area contributed by atoms with Gasteiger partial charge in [0, 0.05) is 17.3 Å². The first-order valence-corrected chi connectivity index (χ1v) is 5.28. The van der Waals surface area contributed by atoms with Crippen LogP contribution in [0.4, 0.5) is 5.69 Å². The Labute approximate surface area is 94.9 Å². The lowest BCUT2D eigenvalue weighted by atomic mass is 10.2. The van der Waals surface area contributed by atoms with Crippen molar-refractivity contribution in [1.29, 1.82) is 0 Å². The van der Waals surface area contributed by atoms with Crippen molar-refractivity contribution in [1.82, 2.24) is 0 Å². The number of rotatable bonds is 3. The van der Waals surface area contributed by atoms with E-state index in [0.29, 0.717) is 5.16 Å². The number of para-hydroxylation sites is 1. The summed E-state index contributed by atoms with van der Waals surface area (Å²) in [6.45, 7) is 4.13. The molecule has 0 unspecified atom stereocenters. The quantitative estimate of drug-likeness (QED) is 0.704. The van der Waals surface area contributed by atoms with Crippen molar-refractivity contribution in [2.75, 3.05) is 4.90 Å². The number of hydrogen-bond donors (Lipinski definition) is 0. The normalized spacial score (nSPS) is 11.9. The van der Waals surface area contributed by atoms with Crippen molar-refractivity contribution < 1.29 is 0 Å². The third-order valence-electron chi connectivity index (χ3n) is 1.87. The Morgan fingerprint density at radius 3 is 2.29 bits per heavy atom. The highest BCUT2D eigenvalue weighted by molar-refractivity contribution is 6.37. The van der Waals surface area contributed by atoms with Crippen LogP contribution < -0.4 is 4.90 Å². The lowest BCUT2D eigenvalue weighted by molar-refractivity contribution is 0.775. The molecule has 0 N–H and O–H groups in total. The largest absolute Gasteiger partial charge is 0.329 e. The van der Waals surface area contributed by atoms with Gasteiger partial charge in [-0.1, -0.05) is 41.4 Å². The van der Waals surface area contributed by atoms with Gasteiger partial charge >= 0.3 is 0 Å². The summed E-state index contributed by atoms with van der Waals surface area (Å²) in [7, 11) is 0. The molecular weight excluding hydrogens is 217 g/mol. The van der Waals surface area contributed by atoms with Crippen LogP contribution in [0.3, 0.4) is 0 Å². The van der Waals surface area contributed by atoms with Gasteiger partial charge in [0.1, 0.15) is 5.16 Å². The maximum Gasteiger partial charge on any atom is 0.120 e. The van der Waals surface area contributed by atoms with Crippen LogP contribution in [0.1, 0.15) is 13.8 Å². The van der Waals surface area contributed by atoms with Crippen molar-refractivity contribution in [2.24, 2.45) is 0 Å². The fourth-order valence-corrected chi connectivity index (χ4v) is 1.71. The monoisotopic (exact) mass is 229 g/mol. The fourth-order valence-electron chi connectivity index (χ4n) is 1.31. The van der Waals surface area contributed by atoms with Crippen molar-refractivity contribution in [3.05, 3.63) is 41.0 Å². The Morgan fingerprint density at radius 2 is 1.86 bits per heavy atom. The van der Waals surface area contributed by atoms with Gasteiger partial charge in [0.15, 0.2) is 0 Å².